The van der Waals surface area contributed by atoms with Crippen LogP contribution in [0.2, 0.25) is 0 Å². The third-order valence-corrected chi connectivity index (χ3v) is 2.36. The Morgan fingerprint density at radius 2 is 2.38 bits per heavy atom. The number of ketones is 1. The SMILES string of the molecule is CC(=O)[C@@H](C)COC1CCCCO1. The Labute approximate surface area is 79.4 Å². The predicted molar refractivity (Wildman–Crippen MR) is 49.4 cm³/mol. The van der Waals surface area contributed by atoms with E-state index in [2.05, 4.69) is 0 Å². The minimum atomic E-state index is -0.0736. The molecule has 0 spiro atoms. The second-order valence-corrected chi connectivity index (χ2v) is 3.64. The molecule has 1 aliphatic rings. The van der Waals surface area contributed by atoms with Crippen LogP contribution >= 0.6 is 0 Å². The lowest BCUT2D eigenvalue weighted by atomic mass is 10.1. The van der Waals surface area contributed by atoms with Crippen molar-refractivity contribution in [3.05, 3.63) is 0 Å². The molecule has 0 amide bonds. The first-order chi connectivity index (χ1) is 6.20. The molecule has 1 aliphatic heterocycles. The molecule has 1 saturated heterocycles. The quantitative estimate of drug-likeness (QED) is 0.671. The van der Waals surface area contributed by atoms with Crippen LogP contribution in [0.3, 0.4) is 0 Å². The van der Waals surface area contributed by atoms with Crippen LogP contribution < -0.4 is 0 Å². The van der Waals surface area contributed by atoms with E-state index in [1.165, 1.54) is 6.42 Å². The summed E-state index contributed by atoms with van der Waals surface area (Å²) in [6, 6.07) is 0. The number of hydrogen-bond donors (Lipinski definition) is 0. The van der Waals surface area contributed by atoms with E-state index < -0.39 is 0 Å². The lowest BCUT2D eigenvalue weighted by Crippen LogP contribution is -2.26. The molecule has 1 unspecified atom stereocenters. The van der Waals surface area contributed by atoms with E-state index in [9.17, 15) is 4.79 Å². The van der Waals surface area contributed by atoms with Gasteiger partial charge in [0, 0.05) is 12.5 Å². The average molecular weight is 186 g/mol. The third kappa shape index (κ3) is 3.87. The number of carbonyl (C=O) groups excluding carboxylic acids is 1. The second-order valence-electron chi connectivity index (χ2n) is 3.64. The summed E-state index contributed by atoms with van der Waals surface area (Å²) in [7, 11) is 0. The normalized spacial score (nSPS) is 25.5. The van der Waals surface area contributed by atoms with Gasteiger partial charge in [-0.2, -0.15) is 0 Å². The summed E-state index contributed by atoms with van der Waals surface area (Å²) < 4.78 is 10.8. The lowest BCUT2D eigenvalue weighted by molar-refractivity contribution is -0.169. The molecule has 0 radical (unpaired) electrons. The third-order valence-electron chi connectivity index (χ3n) is 2.36. The van der Waals surface area contributed by atoms with Gasteiger partial charge in [-0.3, -0.25) is 4.79 Å². The first-order valence-corrected chi connectivity index (χ1v) is 4.94. The summed E-state index contributed by atoms with van der Waals surface area (Å²) in [4.78, 5) is 10.9. The van der Waals surface area contributed by atoms with E-state index in [1.807, 2.05) is 6.92 Å². The number of carbonyl (C=O) groups is 1. The van der Waals surface area contributed by atoms with Crippen molar-refractivity contribution >= 4 is 5.78 Å². The van der Waals surface area contributed by atoms with E-state index in [1.54, 1.807) is 6.92 Å². The van der Waals surface area contributed by atoms with E-state index in [0.717, 1.165) is 19.4 Å². The number of Topliss-reactive ketones (excluding diaryl/α,β-unsaturated/α-hetero) is 1. The van der Waals surface area contributed by atoms with Gasteiger partial charge in [-0.05, 0) is 26.2 Å². The van der Waals surface area contributed by atoms with Crippen molar-refractivity contribution < 1.29 is 14.3 Å². The zero-order valence-electron chi connectivity index (χ0n) is 8.41. The molecule has 1 fully saturated rings. The smallest absolute Gasteiger partial charge is 0.157 e. The van der Waals surface area contributed by atoms with Gasteiger partial charge in [-0.15, -0.1) is 0 Å². The van der Waals surface area contributed by atoms with E-state index in [4.69, 9.17) is 9.47 Å². The summed E-state index contributed by atoms with van der Waals surface area (Å²) in [5.41, 5.74) is 0. The number of rotatable bonds is 4. The molecule has 2 atom stereocenters. The lowest BCUT2D eigenvalue weighted by Gasteiger charge is -2.23. The van der Waals surface area contributed by atoms with E-state index >= 15 is 0 Å². The Bertz CT molecular complexity index is 162. The van der Waals surface area contributed by atoms with E-state index in [-0.39, 0.29) is 18.0 Å². The highest BCUT2D eigenvalue weighted by molar-refractivity contribution is 5.77. The second kappa shape index (κ2) is 5.35. The summed E-state index contributed by atoms with van der Waals surface area (Å²) in [5.74, 6) is 0.168. The van der Waals surface area contributed by atoms with Crippen LogP contribution in [0.25, 0.3) is 0 Å². The van der Waals surface area contributed by atoms with Crippen molar-refractivity contribution in [3.8, 4) is 0 Å². The fourth-order valence-corrected chi connectivity index (χ4v) is 1.21. The first kappa shape index (κ1) is 10.7. The highest BCUT2D eigenvalue weighted by Crippen LogP contribution is 2.14. The molecule has 1 heterocycles. The van der Waals surface area contributed by atoms with Crippen molar-refractivity contribution in [2.75, 3.05) is 13.2 Å². The van der Waals surface area contributed by atoms with Gasteiger partial charge in [0.2, 0.25) is 0 Å². The Hall–Kier alpha value is -0.410. The molecule has 0 bridgehead atoms. The van der Waals surface area contributed by atoms with Crippen LogP contribution in [0.5, 0.6) is 0 Å². The van der Waals surface area contributed by atoms with Crippen LogP contribution in [0.4, 0.5) is 0 Å². The summed E-state index contributed by atoms with van der Waals surface area (Å²) in [5, 5.41) is 0. The van der Waals surface area contributed by atoms with Gasteiger partial charge in [0.1, 0.15) is 5.78 Å². The maximum absolute atomic E-state index is 10.9. The molecular weight excluding hydrogens is 168 g/mol. The molecule has 0 aromatic rings. The molecule has 3 heteroatoms. The van der Waals surface area contributed by atoms with Gasteiger partial charge < -0.3 is 9.47 Å². The maximum Gasteiger partial charge on any atom is 0.157 e. The topological polar surface area (TPSA) is 35.5 Å². The van der Waals surface area contributed by atoms with Gasteiger partial charge in [0.05, 0.1) is 6.61 Å². The highest BCUT2D eigenvalue weighted by atomic mass is 16.7. The zero-order chi connectivity index (χ0) is 9.68. The van der Waals surface area contributed by atoms with Crippen molar-refractivity contribution in [1.82, 2.24) is 0 Å². The standard InChI is InChI=1S/C10H18O3/c1-8(9(2)11)7-13-10-5-3-4-6-12-10/h8,10H,3-7H2,1-2H3/t8-,10?/m0/s1. The summed E-state index contributed by atoms with van der Waals surface area (Å²) in [6.45, 7) is 4.75. The van der Waals surface area contributed by atoms with Crippen molar-refractivity contribution in [2.45, 2.75) is 39.4 Å². The zero-order valence-corrected chi connectivity index (χ0v) is 8.41. The molecule has 0 aromatic heterocycles. The minimum absolute atomic E-state index is 0.00877. The van der Waals surface area contributed by atoms with Crippen LogP contribution in [0, 0.1) is 5.92 Å². The molecule has 13 heavy (non-hydrogen) atoms. The van der Waals surface area contributed by atoms with Crippen LogP contribution in [0.1, 0.15) is 33.1 Å². The number of ether oxygens (including phenoxy) is 2. The van der Waals surface area contributed by atoms with Gasteiger partial charge in [0.15, 0.2) is 6.29 Å². The Morgan fingerprint density at radius 3 is 2.92 bits per heavy atom. The average Bonchev–Trinajstić information content (AvgIpc) is 2.15. The fourth-order valence-electron chi connectivity index (χ4n) is 1.21. The minimum Gasteiger partial charge on any atom is -0.353 e. The van der Waals surface area contributed by atoms with Crippen LogP contribution in [-0.4, -0.2) is 25.3 Å². The largest absolute Gasteiger partial charge is 0.353 e. The Kier molecular flexibility index (Phi) is 4.39. The molecule has 3 nitrogen and oxygen atoms in total. The maximum atomic E-state index is 10.9. The van der Waals surface area contributed by atoms with Crippen LogP contribution in [0.15, 0.2) is 0 Å². The molecule has 0 N–H and O–H groups in total. The molecule has 1 rings (SSSR count). The molecule has 0 aliphatic carbocycles. The Morgan fingerprint density at radius 1 is 1.62 bits per heavy atom. The molecule has 0 saturated carbocycles. The predicted octanol–water partition coefficient (Wildman–Crippen LogP) is 1.75. The fraction of sp³-hybridized carbons (Fsp3) is 0.900. The summed E-state index contributed by atoms with van der Waals surface area (Å²) in [6.07, 6.45) is 3.18. The Balaban J connectivity index is 2.13. The van der Waals surface area contributed by atoms with Gasteiger partial charge in [-0.25, -0.2) is 0 Å². The van der Waals surface area contributed by atoms with Crippen molar-refractivity contribution in [3.63, 3.8) is 0 Å². The van der Waals surface area contributed by atoms with Crippen LogP contribution in [-0.2, 0) is 14.3 Å². The number of hydrogen-bond acceptors (Lipinski definition) is 3. The van der Waals surface area contributed by atoms with Gasteiger partial charge in [-0.1, -0.05) is 6.92 Å². The van der Waals surface area contributed by atoms with Gasteiger partial charge >= 0.3 is 0 Å². The van der Waals surface area contributed by atoms with Crippen molar-refractivity contribution in [1.29, 1.82) is 0 Å². The van der Waals surface area contributed by atoms with Gasteiger partial charge in [0.25, 0.3) is 0 Å². The molecule has 0 aromatic carbocycles. The first-order valence-electron chi connectivity index (χ1n) is 4.94. The highest BCUT2D eigenvalue weighted by Gasteiger charge is 2.16. The molecular formula is C10H18O3. The van der Waals surface area contributed by atoms with E-state index in [0.29, 0.717) is 6.61 Å². The summed E-state index contributed by atoms with van der Waals surface area (Å²) >= 11 is 0. The molecule has 76 valence electrons. The monoisotopic (exact) mass is 186 g/mol. The van der Waals surface area contributed by atoms with Crippen molar-refractivity contribution in [2.24, 2.45) is 5.92 Å².